The summed E-state index contributed by atoms with van der Waals surface area (Å²) in [7, 11) is 0. The smallest absolute Gasteiger partial charge is 0.282 e. The Morgan fingerprint density at radius 2 is 2.17 bits per heavy atom. The largest absolute Gasteiger partial charge is 0.321 e. The van der Waals surface area contributed by atoms with E-state index in [-0.39, 0.29) is 0 Å². The van der Waals surface area contributed by atoms with E-state index in [1.165, 1.54) is 25.6 Å². The molecule has 1 atom stereocenters. The predicted molar refractivity (Wildman–Crippen MR) is 42.1 cm³/mol. The first kappa shape index (κ1) is 8.38. The Morgan fingerprint density at radius 3 is 2.67 bits per heavy atom. The number of rotatable bonds is 3. The molecule has 1 N–H and O–H groups in total. The van der Waals surface area contributed by atoms with Crippen molar-refractivity contribution in [2.45, 2.75) is 13.1 Å². The fraction of sp³-hybridized carbons (Fsp3) is 0.333. The van der Waals surface area contributed by atoms with Crippen LogP contribution in [0.3, 0.4) is 0 Å². The molecule has 0 saturated heterocycles. The second-order valence-electron chi connectivity index (χ2n) is 2.23. The van der Waals surface area contributed by atoms with Crippen molar-refractivity contribution in [3.8, 4) is 0 Å². The first-order chi connectivity index (χ1) is 5.70. The van der Waals surface area contributed by atoms with Crippen LogP contribution in [0.25, 0.3) is 0 Å². The highest BCUT2D eigenvalue weighted by Gasteiger charge is 2.10. The van der Waals surface area contributed by atoms with Gasteiger partial charge in [0.05, 0.1) is 18.1 Å². The summed E-state index contributed by atoms with van der Waals surface area (Å²) in [6.07, 6.45) is 3.50. The molecule has 0 fully saturated rings. The molecule has 0 aliphatic heterocycles. The molecule has 0 aliphatic carbocycles. The third-order valence-electron chi connectivity index (χ3n) is 1.25. The molecule has 1 unspecified atom stereocenters. The van der Waals surface area contributed by atoms with Crippen molar-refractivity contribution >= 4 is 5.69 Å². The van der Waals surface area contributed by atoms with E-state index in [0.717, 1.165) is 0 Å². The highest BCUT2D eigenvalue weighted by molar-refractivity contribution is 5.37. The lowest BCUT2D eigenvalue weighted by Gasteiger charge is -2.05. The molecule has 1 aromatic heterocycles. The Kier molecular flexibility index (Phi) is 2.52. The average Bonchev–Trinajstić information content (AvgIpc) is 2.06. The Bertz CT molecular complexity index is 264. The second-order valence-corrected chi connectivity index (χ2v) is 2.23. The van der Waals surface area contributed by atoms with Gasteiger partial charge in [0.2, 0.25) is 0 Å². The van der Waals surface area contributed by atoms with Crippen molar-refractivity contribution in [2.75, 3.05) is 5.32 Å². The number of nitro groups is 1. The Balaban J connectivity index is 2.58. The van der Waals surface area contributed by atoms with Crippen LogP contribution in [0, 0.1) is 10.1 Å². The summed E-state index contributed by atoms with van der Waals surface area (Å²) >= 11 is 0. The molecule has 0 aliphatic rings. The Hall–Kier alpha value is -1.72. The van der Waals surface area contributed by atoms with Gasteiger partial charge in [-0.25, -0.2) is 9.97 Å². The van der Waals surface area contributed by atoms with Gasteiger partial charge in [0.15, 0.2) is 0 Å². The fourth-order valence-corrected chi connectivity index (χ4v) is 0.668. The lowest BCUT2D eigenvalue weighted by Crippen LogP contribution is -2.24. The normalized spacial score (nSPS) is 12.1. The molecule has 6 nitrogen and oxygen atoms in total. The van der Waals surface area contributed by atoms with Crippen LogP contribution in [0.5, 0.6) is 0 Å². The first-order valence-corrected chi connectivity index (χ1v) is 3.35. The Labute approximate surface area is 68.8 Å². The van der Waals surface area contributed by atoms with Crippen molar-refractivity contribution in [1.82, 2.24) is 9.97 Å². The maximum Gasteiger partial charge on any atom is 0.282 e. The van der Waals surface area contributed by atoms with Crippen LogP contribution >= 0.6 is 0 Å². The zero-order chi connectivity index (χ0) is 8.97. The van der Waals surface area contributed by atoms with Gasteiger partial charge in [-0.2, -0.15) is 0 Å². The highest BCUT2D eigenvalue weighted by Crippen LogP contribution is 2.02. The van der Waals surface area contributed by atoms with Gasteiger partial charge in [-0.15, -0.1) is 0 Å². The van der Waals surface area contributed by atoms with Crippen molar-refractivity contribution in [2.24, 2.45) is 0 Å². The summed E-state index contributed by atoms with van der Waals surface area (Å²) in [6.45, 7) is 1.45. The highest BCUT2D eigenvalue weighted by atomic mass is 16.6. The van der Waals surface area contributed by atoms with Crippen LogP contribution in [0.2, 0.25) is 0 Å². The van der Waals surface area contributed by atoms with Crippen molar-refractivity contribution in [3.63, 3.8) is 0 Å². The van der Waals surface area contributed by atoms with E-state index < -0.39 is 11.1 Å². The molecule has 0 radical (unpaired) electrons. The molecule has 12 heavy (non-hydrogen) atoms. The van der Waals surface area contributed by atoms with Gasteiger partial charge in [0, 0.05) is 11.8 Å². The minimum absolute atomic E-state index is 0.424. The molecule has 0 saturated carbocycles. The van der Waals surface area contributed by atoms with E-state index in [1.807, 2.05) is 0 Å². The van der Waals surface area contributed by atoms with E-state index in [9.17, 15) is 10.1 Å². The minimum atomic E-state index is -0.823. The zero-order valence-electron chi connectivity index (χ0n) is 6.47. The topological polar surface area (TPSA) is 81.0 Å². The summed E-state index contributed by atoms with van der Waals surface area (Å²) in [5.74, 6) is 0. The van der Waals surface area contributed by atoms with Crippen LogP contribution < -0.4 is 5.32 Å². The van der Waals surface area contributed by atoms with Crippen LogP contribution in [0.15, 0.2) is 18.7 Å². The third-order valence-corrected chi connectivity index (χ3v) is 1.25. The molecular weight excluding hydrogens is 160 g/mol. The average molecular weight is 168 g/mol. The SMILES string of the molecule is CC(Nc1cncnc1)[N+](=O)[O-]. The number of hydrogen-bond acceptors (Lipinski definition) is 5. The third kappa shape index (κ3) is 2.15. The van der Waals surface area contributed by atoms with Crippen molar-refractivity contribution in [1.29, 1.82) is 0 Å². The van der Waals surface area contributed by atoms with E-state index >= 15 is 0 Å². The standard InChI is InChI=1S/C6H8N4O2/c1-5(10(11)12)9-6-2-7-4-8-3-6/h2-5,9H,1H3. The molecule has 1 aromatic rings. The van der Waals surface area contributed by atoms with Crippen LogP contribution in [0.1, 0.15) is 6.92 Å². The number of hydrogen-bond donors (Lipinski definition) is 1. The van der Waals surface area contributed by atoms with E-state index in [2.05, 4.69) is 15.3 Å². The predicted octanol–water partition coefficient (Wildman–Crippen LogP) is 0.511. The maximum atomic E-state index is 10.2. The summed E-state index contributed by atoms with van der Waals surface area (Å²) < 4.78 is 0. The van der Waals surface area contributed by atoms with Crippen molar-refractivity contribution < 1.29 is 4.92 Å². The molecule has 0 spiro atoms. The molecule has 6 heteroatoms. The van der Waals surface area contributed by atoms with E-state index in [0.29, 0.717) is 5.69 Å². The minimum Gasteiger partial charge on any atom is -0.321 e. The van der Waals surface area contributed by atoms with Gasteiger partial charge >= 0.3 is 0 Å². The summed E-state index contributed by atoms with van der Waals surface area (Å²) in [4.78, 5) is 17.2. The fourth-order valence-electron chi connectivity index (χ4n) is 0.668. The van der Waals surface area contributed by atoms with E-state index in [1.54, 1.807) is 0 Å². The number of anilines is 1. The van der Waals surface area contributed by atoms with Crippen LogP contribution in [-0.2, 0) is 0 Å². The molecule has 0 aromatic carbocycles. The molecular formula is C6H8N4O2. The quantitative estimate of drug-likeness (QED) is 0.404. The van der Waals surface area contributed by atoms with Gasteiger partial charge in [-0.05, 0) is 0 Å². The van der Waals surface area contributed by atoms with Gasteiger partial charge in [-0.1, -0.05) is 0 Å². The zero-order valence-corrected chi connectivity index (χ0v) is 6.47. The lowest BCUT2D eigenvalue weighted by molar-refractivity contribution is -0.510. The Morgan fingerprint density at radius 1 is 1.58 bits per heavy atom. The monoisotopic (exact) mass is 168 g/mol. The van der Waals surface area contributed by atoms with E-state index in [4.69, 9.17) is 0 Å². The molecule has 64 valence electrons. The number of nitrogens with one attached hydrogen (secondary N) is 1. The van der Waals surface area contributed by atoms with Gasteiger partial charge < -0.3 is 5.32 Å². The number of aromatic nitrogens is 2. The second kappa shape index (κ2) is 3.61. The molecule has 0 bridgehead atoms. The molecule has 1 heterocycles. The van der Waals surface area contributed by atoms with Crippen LogP contribution in [0.4, 0.5) is 5.69 Å². The van der Waals surface area contributed by atoms with Gasteiger partial charge in [0.1, 0.15) is 6.33 Å². The molecule has 0 amide bonds. The van der Waals surface area contributed by atoms with Gasteiger partial charge in [0.25, 0.3) is 6.17 Å². The molecule has 1 rings (SSSR count). The first-order valence-electron chi connectivity index (χ1n) is 3.35. The van der Waals surface area contributed by atoms with Crippen molar-refractivity contribution in [3.05, 3.63) is 28.8 Å². The maximum absolute atomic E-state index is 10.2. The number of nitrogens with zero attached hydrogens (tertiary/aromatic N) is 3. The van der Waals surface area contributed by atoms with Crippen LogP contribution in [-0.4, -0.2) is 21.1 Å². The summed E-state index contributed by atoms with van der Waals surface area (Å²) in [6, 6.07) is 0. The summed E-state index contributed by atoms with van der Waals surface area (Å²) in [5.41, 5.74) is 0.543. The lowest BCUT2D eigenvalue weighted by atomic mass is 10.5. The van der Waals surface area contributed by atoms with Gasteiger partial charge in [-0.3, -0.25) is 10.1 Å². The summed E-state index contributed by atoms with van der Waals surface area (Å²) in [5, 5.41) is 12.8.